The van der Waals surface area contributed by atoms with E-state index in [0.29, 0.717) is 19.1 Å². The van der Waals surface area contributed by atoms with Gasteiger partial charge in [-0.3, -0.25) is 4.79 Å². The highest BCUT2D eigenvalue weighted by molar-refractivity contribution is 5.78. The summed E-state index contributed by atoms with van der Waals surface area (Å²) in [6.07, 6.45) is 0.367. The van der Waals surface area contributed by atoms with Gasteiger partial charge in [0.1, 0.15) is 0 Å². The van der Waals surface area contributed by atoms with Crippen LogP contribution in [0.4, 0.5) is 0 Å². The zero-order valence-electron chi connectivity index (χ0n) is 10.7. The van der Waals surface area contributed by atoms with Crippen LogP contribution in [0.1, 0.15) is 20.3 Å². The number of aliphatic hydroxyl groups is 1. The summed E-state index contributed by atoms with van der Waals surface area (Å²) >= 11 is 0. The summed E-state index contributed by atoms with van der Waals surface area (Å²) in [7, 11) is 3.20. The van der Waals surface area contributed by atoms with E-state index in [4.69, 9.17) is 4.74 Å². The largest absolute Gasteiger partial charge is 0.389 e. The van der Waals surface area contributed by atoms with Gasteiger partial charge in [-0.05, 0) is 13.3 Å². The highest BCUT2D eigenvalue weighted by Gasteiger charge is 2.13. The lowest BCUT2D eigenvalue weighted by Crippen LogP contribution is -2.42. The monoisotopic (exact) mass is 232 g/mol. The summed E-state index contributed by atoms with van der Waals surface area (Å²) in [6.45, 7) is 4.96. The normalized spacial score (nSPS) is 14.6. The molecule has 0 aliphatic heterocycles. The van der Waals surface area contributed by atoms with Crippen molar-refractivity contribution in [1.82, 2.24) is 10.2 Å². The number of likely N-dealkylation sites (N-methyl/N-ethyl adjacent to an activating group) is 1. The van der Waals surface area contributed by atoms with E-state index >= 15 is 0 Å². The van der Waals surface area contributed by atoms with Crippen LogP contribution in [0.3, 0.4) is 0 Å². The van der Waals surface area contributed by atoms with E-state index in [-0.39, 0.29) is 12.5 Å². The molecule has 2 atom stereocenters. The molecule has 2 N–H and O–H groups in total. The predicted molar refractivity (Wildman–Crippen MR) is 63.3 cm³/mol. The van der Waals surface area contributed by atoms with Crippen LogP contribution in [0.15, 0.2) is 0 Å². The number of methoxy groups -OCH3 is 1. The molecule has 16 heavy (non-hydrogen) atoms. The third-order valence-electron chi connectivity index (χ3n) is 2.48. The van der Waals surface area contributed by atoms with Gasteiger partial charge in [-0.25, -0.2) is 0 Å². The molecule has 0 spiro atoms. The van der Waals surface area contributed by atoms with E-state index in [9.17, 15) is 9.90 Å². The van der Waals surface area contributed by atoms with Crippen LogP contribution in [-0.4, -0.2) is 61.9 Å². The Hall–Kier alpha value is -0.650. The Morgan fingerprint density at radius 1 is 1.56 bits per heavy atom. The fraction of sp³-hybridized carbons (Fsp3) is 0.909. The van der Waals surface area contributed by atoms with Crippen molar-refractivity contribution in [2.45, 2.75) is 32.4 Å². The second kappa shape index (κ2) is 8.50. The zero-order chi connectivity index (χ0) is 12.6. The smallest absolute Gasteiger partial charge is 0.236 e. The minimum absolute atomic E-state index is 0.0181. The van der Waals surface area contributed by atoms with Crippen molar-refractivity contribution in [3.05, 3.63) is 0 Å². The van der Waals surface area contributed by atoms with Gasteiger partial charge in [0.2, 0.25) is 5.91 Å². The second-order valence-corrected chi connectivity index (χ2v) is 4.07. The average molecular weight is 232 g/mol. The number of ether oxygens (including phenoxy) is 1. The molecule has 96 valence electrons. The molecular weight excluding hydrogens is 208 g/mol. The summed E-state index contributed by atoms with van der Waals surface area (Å²) in [4.78, 5) is 13.1. The number of hydrogen-bond donors (Lipinski definition) is 2. The number of aliphatic hydroxyl groups excluding tert-OH is 1. The summed E-state index contributed by atoms with van der Waals surface area (Å²) in [6, 6.07) is 0.334. The second-order valence-electron chi connectivity index (χ2n) is 4.07. The average Bonchev–Trinajstić information content (AvgIpc) is 2.25. The van der Waals surface area contributed by atoms with E-state index in [1.54, 1.807) is 7.05 Å². The molecule has 0 saturated carbocycles. The van der Waals surface area contributed by atoms with Crippen LogP contribution in [0.2, 0.25) is 0 Å². The minimum atomic E-state index is -0.623. The Morgan fingerprint density at radius 3 is 2.69 bits per heavy atom. The maximum absolute atomic E-state index is 11.6. The maximum Gasteiger partial charge on any atom is 0.236 e. The highest BCUT2D eigenvalue weighted by Crippen LogP contribution is 1.92. The number of nitrogens with one attached hydrogen (secondary N) is 1. The van der Waals surface area contributed by atoms with Crippen LogP contribution in [0.5, 0.6) is 0 Å². The van der Waals surface area contributed by atoms with Crippen LogP contribution >= 0.6 is 0 Å². The molecule has 5 nitrogen and oxygen atoms in total. The Morgan fingerprint density at radius 2 is 2.19 bits per heavy atom. The van der Waals surface area contributed by atoms with Gasteiger partial charge in [-0.2, -0.15) is 0 Å². The van der Waals surface area contributed by atoms with Gasteiger partial charge < -0.3 is 20.1 Å². The van der Waals surface area contributed by atoms with Crippen LogP contribution in [-0.2, 0) is 9.53 Å². The van der Waals surface area contributed by atoms with E-state index in [0.717, 1.165) is 6.42 Å². The van der Waals surface area contributed by atoms with Crippen molar-refractivity contribution in [2.24, 2.45) is 0 Å². The van der Waals surface area contributed by atoms with Crippen molar-refractivity contribution < 1.29 is 14.6 Å². The Kier molecular flexibility index (Phi) is 8.15. The zero-order valence-corrected chi connectivity index (χ0v) is 10.7. The molecule has 0 aromatic rings. The fourth-order valence-corrected chi connectivity index (χ4v) is 1.20. The maximum atomic E-state index is 11.6. The Bertz CT molecular complexity index is 200. The molecule has 1 amide bonds. The van der Waals surface area contributed by atoms with E-state index in [1.807, 2.05) is 6.92 Å². The molecule has 0 aliphatic carbocycles. The summed E-state index contributed by atoms with van der Waals surface area (Å²) < 4.78 is 4.80. The van der Waals surface area contributed by atoms with Gasteiger partial charge >= 0.3 is 0 Å². The number of carbonyl (C=O) groups excluding carboxylic acids is 1. The molecule has 0 radical (unpaired) electrons. The molecule has 5 heteroatoms. The first-order valence-corrected chi connectivity index (χ1v) is 5.65. The molecular formula is C11H24N2O3. The predicted octanol–water partition coefficient (Wildman–Crippen LogP) is -0.160. The number of carbonyl (C=O) groups is 1. The lowest BCUT2D eigenvalue weighted by Gasteiger charge is -2.21. The van der Waals surface area contributed by atoms with Gasteiger partial charge in [0.15, 0.2) is 0 Å². The Balaban J connectivity index is 3.81. The molecule has 0 aromatic carbocycles. The molecule has 0 heterocycles. The van der Waals surface area contributed by atoms with Gasteiger partial charge in [0, 0.05) is 26.7 Å². The van der Waals surface area contributed by atoms with Gasteiger partial charge in [0.25, 0.3) is 0 Å². The summed E-state index contributed by atoms with van der Waals surface area (Å²) in [5.74, 6) is -0.0181. The molecule has 0 aliphatic rings. The lowest BCUT2D eigenvalue weighted by molar-refractivity contribution is -0.130. The van der Waals surface area contributed by atoms with Gasteiger partial charge in [0.05, 0.1) is 19.3 Å². The van der Waals surface area contributed by atoms with Crippen LogP contribution in [0.25, 0.3) is 0 Å². The number of rotatable bonds is 8. The third-order valence-corrected chi connectivity index (χ3v) is 2.48. The van der Waals surface area contributed by atoms with Crippen LogP contribution in [0, 0.1) is 0 Å². The highest BCUT2D eigenvalue weighted by atomic mass is 16.5. The first kappa shape index (κ1) is 15.3. The van der Waals surface area contributed by atoms with E-state index in [1.165, 1.54) is 12.0 Å². The minimum Gasteiger partial charge on any atom is -0.389 e. The fourth-order valence-electron chi connectivity index (χ4n) is 1.20. The Labute approximate surface area is 97.8 Å². The SMILES string of the molecule is CCC(C)NCC(=O)N(C)CC(O)COC. The van der Waals surface area contributed by atoms with Crippen molar-refractivity contribution in [3.63, 3.8) is 0 Å². The van der Waals surface area contributed by atoms with E-state index < -0.39 is 6.10 Å². The van der Waals surface area contributed by atoms with Crippen molar-refractivity contribution in [2.75, 3.05) is 33.9 Å². The van der Waals surface area contributed by atoms with Gasteiger partial charge in [-0.15, -0.1) is 0 Å². The standard InChI is InChI=1S/C11H24N2O3/c1-5-9(2)12-6-11(15)13(3)7-10(14)8-16-4/h9-10,12,14H,5-8H2,1-4H3. The molecule has 0 aromatic heterocycles. The summed E-state index contributed by atoms with van der Waals surface area (Å²) in [5.41, 5.74) is 0. The molecule has 0 fully saturated rings. The first-order valence-electron chi connectivity index (χ1n) is 5.65. The third kappa shape index (κ3) is 6.76. The quantitative estimate of drug-likeness (QED) is 0.610. The van der Waals surface area contributed by atoms with Crippen LogP contribution < -0.4 is 5.32 Å². The van der Waals surface area contributed by atoms with Crippen molar-refractivity contribution >= 4 is 5.91 Å². The first-order chi connectivity index (χ1) is 7.51. The number of nitrogens with zero attached hydrogens (tertiary/aromatic N) is 1. The van der Waals surface area contributed by atoms with E-state index in [2.05, 4.69) is 12.2 Å². The van der Waals surface area contributed by atoms with Crippen molar-refractivity contribution in [1.29, 1.82) is 0 Å². The number of hydrogen-bond acceptors (Lipinski definition) is 4. The summed E-state index contributed by atoms with van der Waals surface area (Å²) in [5, 5.41) is 12.6. The van der Waals surface area contributed by atoms with Crippen molar-refractivity contribution in [3.8, 4) is 0 Å². The lowest BCUT2D eigenvalue weighted by atomic mass is 10.2. The molecule has 0 bridgehead atoms. The molecule has 2 unspecified atom stereocenters. The number of amides is 1. The topological polar surface area (TPSA) is 61.8 Å². The molecule has 0 saturated heterocycles. The molecule has 0 rings (SSSR count). The van der Waals surface area contributed by atoms with Gasteiger partial charge in [-0.1, -0.05) is 6.92 Å².